The molecule has 0 saturated heterocycles. The summed E-state index contributed by atoms with van der Waals surface area (Å²) in [7, 11) is 0. The summed E-state index contributed by atoms with van der Waals surface area (Å²) in [6.45, 7) is 12.6. The van der Waals surface area contributed by atoms with Gasteiger partial charge in [-0.05, 0) is 74.5 Å². The second-order valence-electron chi connectivity index (χ2n) is 6.26. The van der Waals surface area contributed by atoms with E-state index in [-0.39, 0.29) is 0 Å². The van der Waals surface area contributed by atoms with Crippen molar-refractivity contribution in [3.8, 4) is 0 Å². The summed E-state index contributed by atoms with van der Waals surface area (Å²) in [5, 5.41) is 0. The van der Waals surface area contributed by atoms with Gasteiger partial charge in [0.1, 0.15) is 0 Å². The molecule has 4 N–H and O–H groups in total. The van der Waals surface area contributed by atoms with Crippen LogP contribution >= 0.6 is 0 Å². The Hall–Kier alpha value is -2.20. The molecule has 4 nitrogen and oxygen atoms in total. The van der Waals surface area contributed by atoms with Crippen molar-refractivity contribution in [1.82, 2.24) is 4.90 Å². The fourth-order valence-corrected chi connectivity index (χ4v) is 2.84. The SMILES string of the molecule is CCN(CC)CCN(c1ccc(N)c(C)c1)c1ccc(N)c(C)c1. The van der Waals surface area contributed by atoms with Gasteiger partial charge in [-0.25, -0.2) is 0 Å². The highest BCUT2D eigenvalue weighted by molar-refractivity contribution is 5.69. The minimum absolute atomic E-state index is 0.830. The van der Waals surface area contributed by atoms with Crippen LogP contribution in [0, 0.1) is 13.8 Å². The molecule has 2 rings (SSSR count). The first-order valence-corrected chi connectivity index (χ1v) is 8.68. The van der Waals surface area contributed by atoms with Crippen LogP contribution in [0.25, 0.3) is 0 Å². The highest BCUT2D eigenvalue weighted by Gasteiger charge is 2.13. The topological polar surface area (TPSA) is 58.5 Å². The van der Waals surface area contributed by atoms with Crippen LogP contribution in [0.15, 0.2) is 36.4 Å². The van der Waals surface area contributed by atoms with Crippen LogP contribution in [-0.4, -0.2) is 31.1 Å². The quantitative estimate of drug-likeness (QED) is 0.757. The number of anilines is 4. The molecule has 2 aromatic rings. The fourth-order valence-electron chi connectivity index (χ4n) is 2.84. The minimum atomic E-state index is 0.830. The molecule has 24 heavy (non-hydrogen) atoms. The third-order valence-corrected chi connectivity index (χ3v) is 4.66. The largest absolute Gasteiger partial charge is 0.399 e. The van der Waals surface area contributed by atoms with Gasteiger partial charge in [0, 0.05) is 35.8 Å². The summed E-state index contributed by atoms with van der Waals surface area (Å²) in [4.78, 5) is 4.78. The highest BCUT2D eigenvalue weighted by Crippen LogP contribution is 2.29. The van der Waals surface area contributed by atoms with Gasteiger partial charge < -0.3 is 21.3 Å². The number of nitrogen functional groups attached to an aromatic ring is 2. The summed E-state index contributed by atoms with van der Waals surface area (Å²) in [6, 6.07) is 12.5. The molecule has 0 saturated carbocycles. The second kappa shape index (κ2) is 8.06. The molecular formula is C20H30N4. The minimum Gasteiger partial charge on any atom is -0.399 e. The summed E-state index contributed by atoms with van der Waals surface area (Å²) >= 11 is 0. The monoisotopic (exact) mass is 326 g/mol. The maximum atomic E-state index is 5.99. The highest BCUT2D eigenvalue weighted by atomic mass is 15.2. The number of benzene rings is 2. The van der Waals surface area contributed by atoms with Crippen LogP contribution in [-0.2, 0) is 0 Å². The average molecular weight is 326 g/mol. The number of hydrogen-bond acceptors (Lipinski definition) is 4. The first-order chi connectivity index (χ1) is 11.5. The van der Waals surface area contributed by atoms with Gasteiger partial charge in [-0.15, -0.1) is 0 Å². The molecule has 0 aliphatic rings. The third-order valence-electron chi connectivity index (χ3n) is 4.66. The number of likely N-dealkylation sites (N-methyl/N-ethyl adjacent to an activating group) is 1. The molecule has 0 spiro atoms. The first kappa shape index (κ1) is 18.1. The molecule has 0 amide bonds. The van der Waals surface area contributed by atoms with Crippen LogP contribution in [0.2, 0.25) is 0 Å². The molecule has 0 fully saturated rings. The number of aryl methyl sites for hydroxylation is 2. The van der Waals surface area contributed by atoms with E-state index in [1.165, 1.54) is 0 Å². The van der Waals surface area contributed by atoms with Gasteiger partial charge in [-0.1, -0.05) is 13.8 Å². The van der Waals surface area contributed by atoms with Gasteiger partial charge in [0.25, 0.3) is 0 Å². The molecule has 2 aromatic carbocycles. The van der Waals surface area contributed by atoms with Crippen molar-refractivity contribution in [1.29, 1.82) is 0 Å². The molecule has 0 heterocycles. The molecular weight excluding hydrogens is 296 g/mol. The van der Waals surface area contributed by atoms with E-state index in [1.54, 1.807) is 0 Å². The molecule has 130 valence electrons. The Morgan fingerprint density at radius 3 is 1.58 bits per heavy atom. The Balaban J connectivity index is 2.36. The maximum absolute atomic E-state index is 5.99. The van der Waals surface area contributed by atoms with Crippen LogP contribution in [0.5, 0.6) is 0 Å². The smallest absolute Gasteiger partial charge is 0.0415 e. The standard InChI is InChI=1S/C20H30N4/c1-5-23(6-2)11-12-24(17-7-9-19(21)15(3)13-17)18-8-10-20(22)16(4)14-18/h7-10,13-14H,5-6,11-12,21-22H2,1-4H3. The van der Waals surface area contributed by atoms with E-state index in [0.717, 1.165) is 60.1 Å². The molecule has 0 aliphatic carbocycles. The predicted octanol–water partition coefficient (Wildman–Crippen LogP) is 3.95. The van der Waals surface area contributed by atoms with Gasteiger partial charge in [-0.2, -0.15) is 0 Å². The lowest BCUT2D eigenvalue weighted by molar-refractivity contribution is 0.312. The van der Waals surface area contributed by atoms with Crippen molar-refractivity contribution in [2.24, 2.45) is 0 Å². The molecule has 4 heteroatoms. The van der Waals surface area contributed by atoms with Crippen molar-refractivity contribution in [2.75, 3.05) is 42.5 Å². The molecule has 0 radical (unpaired) electrons. The van der Waals surface area contributed by atoms with Crippen LogP contribution in [0.1, 0.15) is 25.0 Å². The van der Waals surface area contributed by atoms with Gasteiger partial charge in [-0.3, -0.25) is 0 Å². The number of hydrogen-bond donors (Lipinski definition) is 2. The zero-order valence-electron chi connectivity index (χ0n) is 15.3. The van der Waals surface area contributed by atoms with E-state index >= 15 is 0 Å². The maximum Gasteiger partial charge on any atom is 0.0415 e. The Labute approximate surface area is 146 Å². The molecule has 0 aromatic heterocycles. The summed E-state index contributed by atoms with van der Waals surface area (Å²) in [5.74, 6) is 0. The molecule has 0 bridgehead atoms. The van der Waals surface area contributed by atoms with E-state index in [2.05, 4.69) is 61.8 Å². The van der Waals surface area contributed by atoms with E-state index < -0.39 is 0 Å². The normalized spacial score (nSPS) is 11.0. The summed E-state index contributed by atoms with van der Waals surface area (Å²) in [6.07, 6.45) is 0. The zero-order valence-corrected chi connectivity index (χ0v) is 15.3. The summed E-state index contributed by atoms with van der Waals surface area (Å²) < 4.78 is 0. The second-order valence-corrected chi connectivity index (χ2v) is 6.26. The molecule has 0 unspecified atom stereocenters. The van der Waals surface area contributed by atoms with Crippen molar-refractivity contribution in [2.45, 2.75) is 27.7 Å². The van der Waals surface area contributed by atoms with Crippen molar-refractivity contribution < 1.29 is 0 Å². The van der Waals surface area contributed by atoms with Crippen molar-refractivity contribution in [3.05, 3.63) is 47.5 Å². The average Bonchev–Trinajstić information content (AvgIpc) is 2.57. The Morgan fingerprint density at radius 2 is 1.21 bits per heavy atom. The Morgan fingerprint density at radius 1 is 0.750 bits per heavy atom. The van der Waals surface area contributed by atoms with Crippen LogP contribution in [0.3, 0.4) is 0 Å². The molecule has 0 aliphatic heterocycles. The van der Waals surface area contributed by atoms with Crippen LogP contribution in [0.4, 0.5) is 22.7 Å². The number of rotatable bonds is 7. The summed E-state index contributed by atoms with van der Waals surface area (Å²) in [5.41, 5.74) is 18.2. The fraction of sp³-hybridized carbons (Fsp3) is 0.400. The van der Waals surface area contributed by atoms with Gasteiger partial charge in [0.15, 0.2) is 0 Å². The van der Waals surface area contributed by atoms with E-state index in [9.17, 15) is 0 Å². The zero-order chi connectivity index (χ0) is 17.7. The van der Waals surface area contributed by atoms with E-state index in [4.69, 9.17) is 11.5 Å². The van der Waals surface area contributed by atoms with Gasteiger partial charge in [0.05, 0.1) is 0 Å². The third kappa shape index (κ3) is 4.20. The lowest BCUT2D eigenvalue weighted by atomic mass is 10.1. The lowest BCUT2D eigenvalue weighted by Gasteiger charge is -2.29. The van der Waals surface area contributed by atoms with Crippen molar-refractivity contribution >= 4 is 22.7 Å². The van der Waals surface area contributed by atoms with Gasteiger partial charge in [0.2, 0.25) is 0 Å². The number of nitrogens with two attached hydrogens (primary N) is 2. The molecule has 0 atom stereocenters. The predicted molar refractivity (Wildman–Crippen MR) is 106 cm³/mol. The van der Waals surface area contributed by atoms with Crippen LogP contribution < -0.4 is 16.4 Å². The van der Waals surface area contributed by atoms with E-state index in [1.807, 2.05) is 12.1 Å². The van der Waals surface area contributed by atoms with Crippen molar-refractivity contribution in [3.63, 3.8) is 0 Å². The number of nitrogens with zero attached hydrogens (tertiary/aromatic N) is 2. The Bertz CT molecular complexity index is 626. The lowest BCUT2D eigenvalue weighted by Crippen LogP contribution is -2.33. The van der Waals surface area contributed by atoms with E-state index in [0.29, 0.717) is 0 Å². The Kier molecular flexibility index (Phi) is 6.10. The first-order valence-electron chi connectivity index (χ1n) is 8.68. The van der Waals surface area contributed by atoms with Gasteiger partial charge >= 0.3 is 0 Å².